The highest BCUT2D eigenvalue weighted by Crippen LogP contribution is 2.25. The molecule has 1 N–H and O–H groups in total. The van der Waals surface area contributed by atoms with E-state index in [4.69, 9.17) is 4.74 Å². The minimum absolute atomic E-state index is 0.409. The normalized spacial score (nSPS) is 16.9. The third kappa shape index (κ3) is 4.55. The van der Waals surface area contributed by atoms with Gasteiger partial charge in [-0.1, -0.05) is 36.4 Å². The zero-order chi connectivity index (χ0) is 15.9. The largest absolute Gasteiger partial charge is 0.390 e. The zero-order valence-electron chi connectivity index (χ0n) is 13.3. The molecule has 1 fully saturated rings. The molecule has 4 heteroatoms. The van der Waals surface area contributed by atoms with Gasteiger partial charge in [0, 0.05) is 31.0 Å². The maximum Gasteiger partial charge on any atom is 0.0845 e. The summed E-state index contributed by atoms with van der Waals surface area (Å²) in [6.07, 6.45) is -0.409. The van der Waals surface area contributed by atoms with E-state index >= 15 is 0 Å². The second-order valence-corrected chi connectivity index (χ2v) is 5.85. The topological polar surface area (TPSA) is 35.9 Å². The maximum absolute atomic E-state index is 10.6. The van der Waals surface area contributed by atoms with Crippen LogP contribution in [-0.2, 0) is 4.74 Å². The highest BCUT2D eigenvalue weighted by atomic mass is 16.5. The molecule has 23 heavy (non-hydrogen) atoms. The summed E-state index contributed by atoms with van der Waals surface area (Å²) in [4.78, 5) is 4.44. The summed E-state index contributed by atoms with van der Waals surface area (Å²) in [7, 11) is 0. The molecule has 1 atom stereocenters. The standard InChI is InChI=1S/C19H24N2O2/c22-19(15-20-11-13-23-14-12-20)16-21(17-7-3-1-4-8-17)18-9-5-2-6-10-18/h1-10,19,22H,11-16H2/t19-/m1/s1. The fraction of sp³-hybridized carbons (Fsp3) is 0.368. The van der Waals surface area contributed by atoms with Crippen molar-refractivity contribution in [2.45, 2.75) is 6.10 Å². The van der Waals surface area contributed by atoms with E-state index in [1.807, 2.05) is 36.4 Å². The van der Waals surface area contributed by atoms with Crippen LogP contribution < -0.4 is 4.90 Å². The summed E-state index contributed by atoms with van der Waals surface area (Å²) in [6, 6.07) is 20.4. The molecule has 0 unspecified atom stereocenters. The molecular weight excluding hydrogens is 288 g/mol. The Morgan fingerprint density at radius 2 is 1.43 bits per heavy atom. The van der Waals surface area contributed by atoms with Crippen molar-refractivity contribution in [2.24, 2.45) is 0 Å². The second kappa shape index (κ2) is 8.11. The van der Waals surface area contributed by atoms with E-state index < -0.39 is 6.10 Å². The van der Waals surface area contributed by atoms with Gasteiger partial charge in [0.15, 0.2) is 0 Å². The number of nitrogens with zero attached hydrogens (tertiary/aromatic N) is 2. The van der Waals surface area contributed by atoms with E-state index in [1.165, 1.54) is 0 Å². The minimum Gasteiger partial charge on any atom is -0.390 e. The van der Waals surface area contributed by atoms with E-state index in [-0.39, 0.29) is 0 Å². The van der Waals surface area contributed by atoms with Gasteiger partial charge in [-0.3, -0.25) is 4.90 Å². The molecule has 1 aliphatic rings. The predicted molar refractivity (Wildman–Crippen MR) is 93.2 cm³/mol. The third-order valence-corrected chi connectivity index (χ3v) is 4.10. The van der Waals surface area contributed by atoms with Gasteiger partial charge in [-0.25, -0.2) is 0 Å². The smallest absolute Gasteiger partial charge is 0.0845 e. The van der Waals surface area contributed by atoms with Gasteiger partial charge < -0.3 is 14.7 Å². The van der Waals surface area contributed by atoms with Gasteiger partial charge in [0.1, 0.15) is 0 Å². The van der Waals surface area contributed by atoms with E-state index in [9.17, 15) is 5.11 Å². The van der Waals surface area contributed by atoms with Crippen LogP contribution in [0.15, 0.2) is 60.7 Å². The second-order valence-electron chi connectivity index (χ2n) is 5.85. The number of anilines is 2. The van der Waals surface area contributed by atoms with Crippen LogP contribution in [0.4, 0.5) is 11.4 Å². The minimum atomic E-state index is -0.409. The number of β-amino-alcohol motifs (C(OH)–C–C–N with tert-alkyl or cyclic N) is 1. The van der Waals surface area contributed by atoms with Gasteiger partial charge in [0.05, 0.1) is 25.9 Å². The Balaban J connectivity index is 1.71. The molecule has 2 aromatic carbocycles. The highest BCUT2D eigenvalue weighted by Gasteiger charge is 2.18. The average molecular weight is 312 g/mol. The highest BCUT2D eigenvalue weighted by molar-refractivity contribution is 5.63. The number of ether oxygens (including phenoxy) is 1. The van der Waals surface area contributed by atoms with Gasteiger partial charge in [0.2, 0.25) is 0 Å². The van der Waals surface area contributed by atoms with Crippen LogP contribution in [0.5, 0.6) is 0 Å². The lowest BCUT2D eigenvalue weighted by atomic mass is 10.2. The maximum atomic E-state index is 10.6. The first-order chi connectivity index (χ1) is 11.3. The molecular formula is C19H24N2O2. The van der Waals surface area contributed by atoms with Crippen LogP contribution in [0.25, 0.3) is 0 Å². The molecule has 1 aliphatic heterocycles. The zero-order valence-corrected chi connectivity index (χ0v) is 13.3. The lowest BCUT2D eigenvalue weighted by molar-refractivity contribution is 0.0164. The summed E-state index contributed by atoms with van der Waals surface area (Å²) < 4.78 is 5.37. The van der Waals surface area contributed by atoms with Gasteiger partial charge >= 0.3 is 0 Å². The molecule has 0 aromatic heterocycles. The molecule has 0 aliphatic carbocycles. The first-order valence-corrected chi connectivity index (χ1v) is 8.19. The molecule has 0 saturated carbocycles. The number of morpholine rings is 1. The Bertz CT molecular complexity index is 531. The number of benzene rings is 2. The Morgan fingerprint density at radius 1 is 0.913 bits per heavy atom. The summed E-state index contributed by atoms with van der Waals surface area (Å²) in [6.45, 7) is 4.56. The van der Waals surface area contributed by atoms with Crippen molar-refractivity contribution in [1.29, 1.82) is 0 Å². The van der Waals surface area contributed by atoms with Crippen molar-refractivity contribution < 1.29 is 9.84 Å². The molecule has 0 radical (unpaired) electrons. The first-order valence-electron chi connectivity index (χ1n) is 8.19. The van der Waals surface area contributed by atoms with Gasteiger partial charge in [-0.15, -0.1) is 0 Å². The average Bonchev–Trinajstić information content (AvgIpc) is 2.62. The SMILES string of the molecule is O[C@H](CN1CCOCC1)CN(c1ccccc1)c1ccccc1. The molecule has 4 nitrogen and oxygen atoms in total. The van der Waals surface area contributed by atoms with Gasteiger partial charge in [0.25, 0.3) is 0 Å². The summed E-state index contributed by atoms with van der Waals surface area (Å²) in [5.41, 5.74) is 2.19. The number of hydrogen-bond acceptors (Lipinski definition) is 4. The fourth-order valence-electron chi connectivity index (χ4n) is 2.93. The molecule has 0 amide bonds. The Morgan fingerprint density at radius 3 is 1.96 bits per heavy atom. The lowest BCUT2D eigenvalue weighted by Crippen LogP contribution is -2.44. The fourth-order valence-corrected chi connectivity index (χ4v) is 2.93. The summed E-state index contributed by atoms with van der Waals surface area (Å²) >= 11 is 0. The van der Waals surface area contributed by atoms with Crippen LogP contribution >= 0.6 is 0 Å². The van der Waals surface area contributed by atoms with Crippen molar-refractivity contribution >= 4 is 11.4 Å². The molecule has 2 aromatic rings. The predicted octanol–water partition coefficient (Wildman–Crippen LogP) is 2.52. The Kier molecular flexibility index (Phi) is 5.64. The van der Waals surface area contributed by atoms with Crippen LogP contribution in [0, 0.1) is 0 Å². The Labute approximate surface area is 137 Å². The van der Waals surface area contributed by atoms with Gasteiger partial charge in [-0.05, 0) is 24.3 Å². The van der Waals surface area contributed by atoms with E-state index in [0.717, 1.165) is 37.7 Å². The van der Waals surface area contributed by atoms with Crippen LogP contribution in [0.1, 0.15) is 0 Å². The monoisotopic (exact) mass is 312 g/mol. The number of aliphatic hydroxyl groups excluding tert-OH is 1. The number of rotatable bonds is 6. The summed E-state index contributed by atoms with van der Waals surface area (Å²) in [5, 5.41) is 10.6. The molecule has 1 saturated heterocycles. The van der Waals surface area contributed by atoms with Crippen LogP contribution in [0.2, 0.25) is 0 Å². The van der Waals surface area contributed by atoms with Crippen molar-refractivity contribution in [3.63, 3.8) is 0 Å². The lowest BCUT2D eigenvalue weighted by Gasteiger charge is -2.32. The van der Waals surface area contributed by atoms with Crippen molar-refractivity contribution in [1.82, 2.24) is 4.90 Å². The van der Waals surface area contributed by atoms with Gasteiger partial charge in [-0.2, -0.15) is 0 Å². The molecule has 3 rings (SSSR count). The number of hydrogen-bond donors (Lipinski definition) is 1. The van der Waals surface area contributed by atoms with Crippen LogP contribution in [0.3, 0.4) is 0 Å². The summed E-state index contributed by atoms with van der Waals surface area (Å²) in [5.74, 6) is 0. The number of para-hydroxylation sites is 2. The molecule has 1 heterocycles. The van der Waals surface area contributed by atoms with Crippen molar-refractivity contribution in [2.75, 3.05) is 44.3 Å². The number of aliphatic hydroxyl groups is 1. The molecule has 122 valence electrons. The molecule has 0 bridgehead atoms. The van der Waals surface area contributed by atoms with Crippen molar-refractivity contribution in [3.8, 4) is 0 Å². The van der Waals surface area contributed by atoms with E-state index in [2.05, 4.69) is 34.1 Å². The molecule has 0 spiro atoms. The van der Waals surface area contributed by atoms with Crippen LogP contribution in [-0.4, -0.2) is 55.5 Å². The van der Waals surface area contributed by atoms with E-state index in [1.54, 1.807) is 0 Å². The van der Waals surface area contributed by atoms with E-state index in [0.29, 0.717) is 13.1 Å². The first kappa shape index (κ1) is 16.0. The third-order valence-electron chi connectivity index (χ3n) is 4.10. The van der Waals surface area contributed by atoms with Crippen molar-refractivity contribution in [3.05, 3.63) is 60.7 Å². The Hall–Kier alpha value is -1.88. The quantitative estimate of drug-likeness (QED) is 0.889.